The average molecular weight is 244 g/mol. The topological polar surface area (TPSA) is 15.7 Å². The normalized spacial score (nSPS) is 19.4. The highest BCUT2D eigenvalue weighted by Gasteiger charge is 2.21. The first-order chi connectivity index (χ1) is 7.84. The van der Waals surface area contributed by atoms with Crippen molar-refractivity contribution in [2.24, 2.45) is 0 Å². The summed E-state index contributed by atoms with van der Waals surface area (Å²) in [7, 11) is 4.27. The van der Waals surface area contributed by atoms with E-state index in [-0.39, 0.29) is 12.5 Å². The molecule has 0 radical (unpaired) electrons. The Labute approximate surface area is 108 Å². The van der Waals surface area contributed by atoms with Crippen molar-refractivity contribution in [3.05, 3.63) is 0 Å². The van der Waals surface area contributed by atoms with Crippen LogP contribution in [0.25, 0.3) is 0 Å². The van der Waals surface area contributed by atoms with E-state index in [1.807, 2.05) is 0 Å². The quantitative estimate of drug-likeness (QED) is 0.610. The van der Waals surface area contributed by atoms with Crippen LogP contribution in [0.3, 0.4) is 0 Å². The van der Waals surface area contributed by atoms with E-state index in [2.05, 4.69) is 65.4 Å². The maximum absolute atomic E-state index is 6.07. The molecule has 0 fully saturated rings. The third-order valence-electron chi connectivity index (χ3n) is 4.11. The van der Waals surface area contributed by atoms with E-state index >= 15 is 0 Å². The maximum Gasteiger partial charge on any atom is 0.109 e. The van der Waals surface area contributed by atoms with Crippen molar-refractivity contribution < 1.29 is 4.74 Å². The number of hydrogen-bond donors (Lipinski definition) is 0. The first kappa shape index (κ1) is 16.9. The molecule has 3 heteroatoms. The minimum Gasteiger partial charge on any atom is -0.345 e. The van der Waals surface area contributed by atoms with Crippen molar-refractivity contribution in [2.45, 2.75) is 78.9 Å². The van der Waals surface area contributed by atoms with Crippen molar-refractivity contribution in [1.82, 2.24) is 9.80 Å². The van der Waals surface area contributed by atoms with Crippen LogP contribution in [0, 0.1) is 0 Å². The molecule has 0 aliphatic carbocycles. The predicted molar refractivity (Wildman–Crippen MR) is 75.0 cm³/mol. The Bertz CT molecular complexity index is 179. The molecule has 0 aliphatic rings. The van der Waals surface area contributed by atoms with Gasteiger partial charge in [0.05, 0.1) is 0 Å². The summed E-state index contributed by atoms with van der Waals surface area (Å²) in [4.78, 5) is 4.59. The van der Waals surface area contributed by atoms with Gasteiger partial charge in [0.15, 0.2) is 0 Å². The molecule has 0 saturated heterocycles. The van der Waals surface area contributed by atoms with E-state index in [0.717, 1.165) is 12.8 Å². The molecule has 0 aliphatic heterocycles. The molecule has 0 N–H and O–H groups in total. The van der Waals surface area contributed by atoms with Gasteiger partial charge in [-0.1, -0.05) is 13.8 Å². The van der Waals surface area contributed by atoms with Gasteiger partial charge < -0.3 is 4.74 Å². The Morgan fingerprint density at radius 1 is 0.765 bits per heavy atom. The predicted octanol–water partition coefficient (Wildman–Crippen LogP) is 3.16. The lowest BCUT2D eigenvalue weighted by molar-refractivity contribution is -0.142. The van der Waals surface area contributed by atoms with Gasteiger partial charge in [0.2, 0.25) is 0 Å². The zero-order valence-corrected chi connectivity index (χ0v) is 13.0. The second kappa shape index (κ2) is 8.06. The second-order valence-electron chi connectivity index (χ2n) is 5.18. The molecule has 0 spiro atoms. The first-order valence-corrected chi connectivity index (χ1v) is 6.94. The molecule has 0 aromatic carbocycles. The van der Waals surface area contributed by atoms with Crippen LogP contribution in [0.4, 0.5) is 0 Å². The molecular weight excluding hydrogens is 212 g/mol. The molecular formula is C14H32N2O. The van der Waals surface area contributed by atoms with E-state index in [1.165, 1.54) is 0 Å². The number of ether oxygens (including phenoxy) is 1. The van der Waals surface area contributed by atoms with Crippen LogP contribution < -0.4 is 0 Å². The van der Waals surface area contributed by atoms with Crippen LogP contribution in [0.1, 0.15) is 54.4 Å². The lowest BCUT2D eigenvalue weighted by Gasteiger charge is -2.36. The Hall–Kier alpha value is -0.120. The summed E-state index contributed by atoms with van der Waals surface area (Å²) >= 11 is 0. The summed E-state index contributed by atoms with van der Waals surface area (Å²) in [6, 6.07) is 1.12. The van der Waals surface area contributed by atoms with Gasteiger partial charge in [-0.15, -0.1) is 0 Å². The third-order valence-corrected chi connectivity index (χ3v) is 4.11. The highest BCUT2D eigenvalue weighted by molar-refractivity contribution is 4.66. The smallest absolute Gasteiger partial charge is 0.109 e. The van der Waals surface area contributed by atoms with Crippen molar-refractivity contribution in [3.63, 3.8) is 0 Å². The van der Waals surface area contributed by atoms with Gasteiger partial charge in [0, 0.05) is 12.1 Å². The largest absolute Gasteiger partial charge is 0.345 e. The molecule has 0 amide bonds. The molecule has 0 saturated carbocycles. The molecule has 3 nitrogen and oxygen atoms in total. The summed E-state index contributed by atoms with van der Waals surface area (Å²) in [5.41, 5.74) is 0. The number of hydrogen-bond acceptors (Lipinski definition) is 3. The maximum atomic E-state index is 6.07. The SMILES string of the molecule is CCC(C)N(C)C(C)OC(C)N(C)C(C)CC. The van der Waals surface area contributed by atoms with Gasteiger partial charge in [-0.2, -0.15) is 0 Å². The third kappa shape index (κ3) is 5.36. The molecule has 4 atom stereocenters. The van der Waals surface area contributed by atoms with Gasteiger partial charge in [-0.05, 0) is 54.6 Å². The van der Waals surface area contributed by atoms with Gasteiger partial charge >= 0.3 is 0 Å². The van der Waals surface area contributed by atoms with Crippen molar-refractivity contribution in [2.75, 3.05) is 14.1 Å². The van der Waals surface area contributed by atoms with Gasteiger partial charge in [-0.25, -0.2) is 0 Å². The Balaban J connectivity index is 4.23. The lowest BCUT2D eigenvalue weighted by atomic mass is 10.2. The molecule has 0 rings (SSSR count). The van der Waals surface area contributed by atoms with Crippen molar-refractivity contribution in [3.8, 4) is 0 Å². The van der Waals surface area contributed by atoms with Crippen LogP contribution in [-0.2, 0) is 4.74 Å². The summed E-state index contributed by atoms with van der Waals surface area (Å²) in [5, 5.41) is 0. The van der Waals surface area contributed by atoms with Crippen LogP contribution in [0.15, 0.2) is 0 Å². The fraction of sp³-hybridized carbons (Fsp3) is 1.00. The van der Waals surface area contributed by atoms with Gasteiger partial charge in [-0.3, -0.25) is 9.80 Å². The number of nitrogens with zero attached hydrogens (tertiary/aromatic N) is 2. The van der Waals surface area contributed by atoms with Crippen molar-refractivity contribution >= 4 is 0 Å². The zero-order valence-electron chi connectivity index (χ0n) is 13.0. The van der Waals surface area contributed by atoms with E-state index in [4.69, 9.17) is 4.74 Å². The fourth-order valence-electron chi connectivity index (χ4n) is 1.77. The Kier molecular flexibility index (Phi) is 8.01. The minimum absolute atomic E-state index is 0.159. The molecule has 0 aromatic rings. The average Bonchev–Trinajstić information content (AvgIpc) is 2.34. The van der Waals surface area contributed by atoms with Crippen LogP contribution >= 0.6 is 0 Å². The molecule has 0 bridgehead atoms. The highest BCUT2D eigenvalue weighted by atomic mass is 16.5. The second-order valence-corrected chi connectivity index (χ2v) is 5.18. The number of rotatable bonds is 8. The fourth-order valence-corrected chi connectivity index (χ4v) is 1.77. The summed E-state index contributed by atoms with van der Waals surface area (Å²) in [6.07, 6.45) is 2.62. The van der Waals surface area contributed by atoms with Crippen molar-refractivity contribution in [1.29, 1.82) is 0 Å². The summed E-state index contributed by atoms with van der Waals surface area (Å²) in [5.74, 6) is 0. The van der Waals surface area contributed by atoms with Gasteiger partial charge in [0.1, 0.15) is 12.5 Å². The Morgan fingerprint density at radius 2 is 1.06 bits per heavy atom. The zero-order chi connectivity index (χ0) is 13.6. The summed E-state index contributed by atoms with van der Waals surface area (Å²) in [6.45, 7) is 13.2. The molecule has 17 heavy (non-hydrogen) atoms. The van der Waals surface area contributed by atoms with Crippen LogP contribution in [0.5, 0.6) is 0 Å². The van der Waals surface area contributed by atoms with E-state index in [1.54, 1.807) is 0 Å². The van der Waals surface area contributed by atoms with E-state index < -0.39 is 0 Å². The van der Waals surface area contributed by atoms with Gasteiger partial charge in [0.25, 0.3) is 0 Å². The minimum atomic E-state index is 0.159. The molecule has 0 aromatic heterocycles. The van der Waals surface area contributed by atoms with Crippen LogP contribution in [0.2, 0.25) is 0 Å². The van der Waals surface area contributed by atoms with Crippen LogP contribution in [-0.4, -0.2) is 48.4 Å². The highest BCUT2D eigenvalue weighted by Crippen LogP contribution is 2.13. The summed E-state index contributed by atoms with van der Waals surface area (Å²) < 4.78 is 6.07. The molecule has 0 heterocycles. The first-order valence-electron chi connectivity index (χ1n) is 6.94. The molecule has 4 unspecified atom stereocenters. The standard InChI is InChI=1S/C14H32N2O/c1-9-11(3)15(7)13(5)17-14(6)16(8)12(4)10-2/h11-14H,9-10H2,1-8H3. The monoisotopic (exact) mass is 244 g/mol. The Morgan fingerprint density at radius 3 is 1.29 bits per heavy atom. The lowest BCUT2D eigenvalue weighted by Crippen LogP contribution is -2.45. The van der Waals surface area contributed by atoms with E-state index in [0.29, 0.717) is 12.1 Å². The molecule has 104 valence electrons. The van der Waals surface area contributed by atoms with E-state index in [9.17, 15) is 0 Å².